The van der Waals surface area contributed by atoms with Crippen LogP contribution in [0, 0.1) is 5.41 Å². The highest BCUT2D eigenvalue weighted by Gasteiger charge is 2.41. The van der Waals surface area contributed by atoms with Gasteiger partial charge in [-0.15, -0.1) is 12.4 Å². The van der Waals surface area contributed by atoms with Crippen LogP contribution in [-0.4, -0.2) is 56.4 Å². The summed E-state index contributed by atoms with van der Waals surface area (Å²) in [6.45, 7) is 6.33. The zero-order valence-corrected chi connectivity index (χ0v) is 14.5. The van der Waals surface area contributed by atoms with Crippen LogP contribution in [0.4, 0.5) is 0 Å². The Labute approximate surface area is 140 Å². The number of nitrogens with zero attached hydrogens (tertiary/aromatic N) is 1. The van der Waals surface area contributed by atoms with Crippen molar-refractivity contribution in [2.45, 2.75) is 51.6 Å². The number of carbonyl (C=O) groups is 1. The lowest BCUT2D eigenvalue weighted by Crippen LogP contribution is -2.51. The third-order valence-corrected chi connectivity index (χ3v) is 4.81. The van der Waals surface area contributed by atoms with Gasteiger partial charge in [0.2, 0.25) is 5.91 Å². The lowest BCUT2D eigenvalue weighted by molar-refractivity contribution is -0.147. The standard InChI is InChI=1S/C16H30N2O3.ClH/c1-2-10-21-14-4-3-8-18(9-5-14)15(19)16(13-17)6-11-20-12-7-16;/h14H,2-13,17H2,1H3;1H. The van der Waals surface area contributed by atoms with Crippen molar-refractivity contribution in [3.8, 4) is 0 Å². The Morgan fingerprint density at radius 3 is 2.68 bits per heavy atom. The number of likely N-dealkylation sites (tertiary alicyclic amines) is 1. The summed E-state index contributed by atoms with van der Waals surface area (Å²) in [6.07, 6.45) is 5.91. The number of carbonyl (C=O) groups excluding carboxylic acids is 1. The zero-order valence-electron chi connectivity index (χ0n) is 13.7. The van der Waals surface area contributed by atoms with E-state index >= 15 is 0 Å². The maximum absolute atomic E-state index is 12.9. The van der Waals surface area contributed by atoms with Crippen molar-refractivity contribution in [3.63, 3.8) is 0 Å². The predicted octanol–water partition coefficient (Wildman–Crippen LogP) is 1.97. The highest BCUT2D eigenvalue weighted by molar-refractivity contribution is 5.85. The summed E-state index contributed by atoms with van der Waals surface area (Å²) in [5, 5.41) is 0. The fourth-order valence-electron chi connectivity index (χ4n) is 3.32. The first-order valence-electron chi connectivity index (χ1n) is 8.40. The molecule has 1 atom stereocenters. The van der Waals surface area contributed by atoms with Gasteiger partial charge in [-0.05, 0) is 38.5 Å². The Bertz CT molecular complexity index is 335. The molecule has 0 radical (unpaired) electrons. The van der Waals surface area contributed by atoms with Crippen molar-refractivity contribution in [2.24, 2.45) is 11.1 Å². The molecule has 2 heterocycles. The molecule has 2 aliphatic rings. The molecule has 0 spiro atoms. The fourth-order valence-corrected chi connectivity index (χ4v) is 3.32. The third kappa shape index (κ3) is 4.82. The van der Waals surface area contributed by atoms with Gasteiger partial charge >= 0.3 is 0 Å². The first-order chi connectivity index (χ1) is 10.2. The highest BCUT2D eigenvalue weighted by atomic mass is 35.5. The molecule has 2 saturated heterocycles. The first kappa shape index (κ1) is 19.7. The molecule has 2 rings (SSSR count). The highest BCUT2D eigenvalue weighted by Crippen LogP contribution is 2.32. The van der Waals surface area contributed by atoms with Gasteiger partial charge in [0.15, 0.2) is 0 Å². The molecule has 130 valence electrons. The van der Waals surface area contributed by atoms with Crippen molar-refractivity contribution < 1.29 is 14.3 Å². The fraction of sp³-hybridized carbons (Fsp3) is 0.938. The smallest absolute Gasteiger partial charge is 0.230 e. The summed E-state index contributed by atoms with van der Waals surface area (Å²) in [6, 6.07) is 0. The third-order valence-electron chi connectivity index (χ3n) is 4.81. The molecule has 2 N–H and O–H groups in total. The summed E-state index contributed by atoms with van der Waals surface area (Å²) in [7, 11) is 0. The molecule has 1 amide bonds. The summed E-state index contributed by atoms with van der Waals surface area (Å²) >= 11 is 0. The van der Waals surface area contributed by atoms with Gasteiger partial charge in [0.05, 0.1) is 11.5 Å². The van der Waals surface area contributed by atoms with Gasteiger partial charge in [-0.25, -0.2) is 0 Å². The molecule has 2 aliphatic heterocycles. The Balaban J connectivity index is 0.00000242. The average Bonchev–Trinajstić information content (AvgIpc) is 2.78. The van der Waals surface area contributed by atoms with E-state index in [1.165, 1.54) is 0 Å². The van der Waals surface area contributed by atoms with E-state index in [1.54, 1.807) is 0 Å². The SMILES string of the molecule is CCCOC1CCCN(C(=O)C2(CN)CCOCC2)CC1.Cl. The van der Waals surface area contributed by atoms with Crippen LogP contribution in [0.2, 0.25) is 0 Å². The van der Waals surface area contributed by atoms with E-state index in [2.05, 4.69) is 6.92 Å². The molecule has 0 saturated carbocycles. The molecule has 0 aromatic heterocycles. The molecular weight excluding hydrogens is 304 g/mol. The molecule has 0 aromatic carbocycles. The molecule has 0 aromatic rings. The number of hydrogen-bond acceptors (Lipinski definition) is 4. The maximum atomic E-state index is 12.9. The van der Waals surface area contributed by atoms with Gasteiger partial charge in [-0.1, -0.05) is 6.92 Å². The van der Waals surface area contributed by atoms with Crippen molar-refractivity contribution >= 4 is 18.3 Å². The minimum atomic E-state index is -0.387. The Morgan fingerprint density at radius 1 is 1.32 bits per heavy atom. The van der Waals surface area contributed by atoms with Crippen molar-refractivity contribution in [1.82, 2.24) is 4.90 Å². The van der Waals surface area contributed by atoms with Gasteiger partial charge in [-0.2, -0.15) is 0 Å². The Kier molecular flexibility index (Phi) is 8.69. The van der Waals surface area contributed by atoms with Crippen LogP contribution in [0.3, 0.4) is 0 Å². The molecule has 6 heteroatoms. The van der Waals surface area contributed by atoms with Gasteiger partial charge < -0.3 is 20.1 Å². The molecule has 0 aliphatic carbocycles. The van der Waals surface area contributed by atoms with E-state index in [0.29, 0.717) is 25.9 Å². The number of amides is 1. The van der Waals surface area contributed by atoms with Crippen LogP contribution >= 0.6 is 12.4 Å². The summed E-state index contributed by atoms with van der Waals surface area (Å²) in [5.74, 6) is 0.240. The van der Waals surface area contributed by atoms with Crippen LogP contribution in [0.1, 0.15) is 45.4 Å². The minimum Gasteiger partial charge on any atom is -0.381 e. The lowest BCUT2D eigenvalue weighted by Gasteiger charge is -2.38. The summed E-state index contributed by atoms with van der Waals surface area (Å²) in [4.78, 5) is 15.0. The zero-order chi connectivity index (χ0) is 15.1. The van der Waals surface area contributed by atoms with E-state index in [0.717, 1.165) is 58.2 Å². The lowest BCUT2D eigenvalue weighted by atomic mass is 9.79. The Morgan fingerprint density at radius 2 is 2.05 bits per heavy atom. The maximum Gasteiger partial charge on any atom is 0.230 e. The van der Waals surface area contributed by atoms with Crippen LogP contribution in [-0.2, 0) is 14.3 Å². The molecule has 1 unspecified atom stereocenters. The number of rotatable bonds is 5. The van der Waals surface area contributed by atoms with Crippen LogP contribution in [0.25, 0.3) is 0 Å². The minimum absolute atomic E-state index is 0. The van der Waals surface area contributed by atoms with E-state index in [4.69, 9.17) is 15.2 Å². The normalized spacial score (nSPS) is 25.2. The molecule has 0 bridgehead atoms. The van der Waals surface area contributed by atoms with Crippen LogP contribution in [0.5, 0.6) is 0 Å². The summed E-state index contributed by atoms with van der Waals surface area (Å²) < 4.78 is 11.3. The topological polar surface area (TPSA) is 64.8 Å². The van der Waals surface area contributed by atoms with Gasteiger partial charge in [0.1, 0.15) is 0 Å². The van der Waals surface area contributed by atoms with Crippen LogP contribution < -0.4 is 5.73 Å². The van der Waals surface area contributed by atoms with E-state index in [1.807, 2.05) is 4.90 Å². The van der Waals surface area contributed by atoms with Gasteiger partial charge in [0, 0.05) is 39.5 Å². The second-order valence-electron chi connectivity index (χ2n) is 6.31. The van der Waals surface area contributed by atoms with Gasteiger partial charge in [0.25, 0.3) is 0 Å². The number of nitrogens with two attached hydrogens (primary N) is 1. The summed E-state index contributed by atoms with van der Waals surface area (Å²) in [5.41, 5.74) is 5.56. The van der Waals surface area contributed by atoms with E-state index < -0.39 is 0 Å². The molecular formula is C16H31ClN2O3. The predicted molar refractivity (Wildman–Crippen MR) is 89.3 cm³/mol. The number of hydrogen-bond donors (Lipinski definition) is 1. The molecule has 2 fully saturated rings. The second kappa shape index (κ2) is 9.71. The van der Waals surface area contributed by atoms with Gasteiger partial charge in [-0.3, -0.25) is 4.79 Å². The number of halogens is 1. The molecule has 22 heavy (non-hydrogen) atoms. The number of ether oxygens (including phenoxy) is 2. The van der Waals surface area contributed by atoms with E-state index in [-0.39, 0.29) is 23.7 Å². The largest absolute Gasteiger partial charge is 0.381 e. The monoisotopic (exact) mass is 334 g/mol. The quantitative estimate of drug-likeness (QED) is 0.835. The Hall–Kier alpha value is -0.360. The van der Waals surface area contributed by atoms with E-state index in [9.17, 15) is 4.79 Å². The average molecular weight is 335 g/mol. The van der Waals surface area contributed by atoms with Crippen LogP contribution in [0.15, 0.2) is 0 Å². The molecule has 5 nitrogen and oxygen atoms in total. The van der Waals surface area contributed by atoms with Crippen molar-refractivity contribution in [2.75, 3.05) is 39.5 Å². The first-order valence-corrected chi connectivity index (χ1v) is 8.40. The second-order valence-corrected chi connectivity index (χ2v) is 6.31. The van der Waals surface area contributed by atoms with Crippen molar-refractivity contribution in [1.29, 1.82) is 0 Å². The van der Waals surface area contributed by atoms with Crippen molar-refractivity contribution in [3.05, 3.63) is 0 Å².